The number of halogens is 4. The molecule has 1 aromatic heterocycles. The quantitative estimate of drug-likeness (QED) is 0.932. The maximum atomic E-state index is 12.7. The summed E-state index contributed by atoms with van der Waals surface area (Å²) in [4.78, 5) is 11.8. The van der Waals surface area contributed by atoms with Crippen molar-refractivity contribution in [3.8, 4) is 0 Å². The fraction of sp³-hybridized carbons (Fsp3) is 0.636. The molecule has 108 valence electrons. The summed E-state index contributed by atoms with van der Waals surface area (Å²) in [5.41, 5.74) is -1.06. The van der Waals surface area contributed by atoms with Gasteiger partial charge in [-0.1, -0.05) is 11.6 Å². The van der Waals surface area contributed by atoms with Crippen LogP contribution in [0.4, 0.5) is 13.2 Å². The summed E-state index contributed by atoms with van der Waals surface area (Å²) in [6.45, 7) is 6.38. The molecule has 0 radical (unpaired) electrons. The third-order valence-corrected chi connectivity index (χ3v) is 2.98. The number of carbonyl (C=O) groups is 1. The van der Waals surface area contributed by atoms with Crippen molar-refractivity contribution in [2.24, 2.45) is 0 Å². The van der Waals surface area contributed by atoms with Gasteiger partial charge in [-0.05, 0) is 27.7 Å². The predicted octanol–water partition coefficient (Wildman–Crippen LogP) is 2.95. The Morgan fingerprint density at radius 1 is 1.37 bits per heavy atom. The first-order valence-electron chi connectivity index (χ1n) is 5.67. The fourth-order valence-electron chi connectivity index (χ4n) is 1.57. The smallest absolute Gasteiger partial charge is 0.352 e. The predicted molar refractivity (Wildman–Crippen MR) is 65.0 cm³/mol. The van der Waals surface area contributed by atoms with E-state index in [1.54, 1.807) is 13.8 Å². The van der Waals surface area contributed by atoms with Gasteiger partial charge in [-0.15, -0.1) is 0 Å². The average Bonchev–Trinajstić information content (AvgIpc) is 2.53. The molecule has 0 aliphatic carbocycles. The van der Waals surface area contributed by atoms with Crippen molar-refractivity contribution in [3.05, 3.63) is 16.4 Å². The minimum absolute atomic E-state index is 0.108. The van der Waals surface area contributed by atoms with Crippen LogP contribution in [-0.2, 0) is 11.0 Å². The van der Waals surface area contributed by atoms with Crippen LogP contribution in [0.1, 0.15) is 38.2 Å². The van der Waals surface area contributed by atoms with Crippen LogP contribution in [0.2, 0.25) is 5.02 Å². The molecule has 0 saturated heterocycles. The zero-order valence-electron chi connectivity index (χ0n) is 11.0. The minimum atomic E-state index is -4.64. The van der Waals surface area contributed by atoms with E-state index in [1.807, 2.05) is 0 Å². The molecule has 0 aliphatic rings. The van der Waals surface area contributed by atoms with Crippen molar-refractivity contribution in [1.82, 2.24) is 15.1 Å². The molecule has 19 heavy (non-hydrogen) atoms. The standard InChI is InChI=1S/C11H15ClF3N3O/c1-5(2)16-10(19)7(4)18-6(3)8(12)9(17-18)11(13,14)15/h5,7H,1-4H3,(H,16,19)/t7-/m0/s1. The Morgan fingerprint density at radius 2 is 1.89 bits per heavy atom. The first-order valence-corrected chi connectivity index (χ1v) is 6.05. The summed E-state index contributed by atoms with van der Waals surface area (Å²) in [6.07, 6.45) is -4.64. The van der Waals surface area contributed by atoms with Gasteiger partial charge < -0.3 is 5.32 Å². The van der Waals surface area contributed by atoms with Gasteiger partial charge in [-0.3, -0.25) is 9.48 Å². The number of nitrogens with one attached hydrogen (secondary N) is 1. The van der Waals surface area contributed by atoms with Crippen LogP contribution >= 0.6 is 11.6 Å². The van der Waals surface area contributed by atoms with E-state index in [-0.39, 0.29) is 11.7 Å². The molecule has 1 N–H and O–H groups in total. The summed E-state index contributed by atoms with van der Waals surface area (Å²) in [6, 6.07) is -0.973. The molecule has 0 unspecified atom stereocenters. The lowest BCUT2D eigenvalue weighted by atomic mass is 10.2. The van der Waals surface area contributed by atoms with Crippen molar-refractivity contribution in [1.29, 1.82) is 0 Å². The van der Waals surface area contributed by atoms with Crippen LogP contribution in [0.5, 0.6) is 0 Å². The van der Waals surface area contributed by atoms with Gasteiger partial charge in [0.2, 0.25) is 5.91 Å². The van der Waals surface area contributed by atoms with Crippen LogP contribution in [0.3, 0.4) is 0 Å². The molecule has 0 aliphatic heterocycles. The maximum Gasteiger partial charge on any atom is 0.436 e. The number of rotatable bonds is 3. The third-order valence-electron chi connectivity index (χ3n) is 2.52. The lowest BCUT2D eigenvalue weighted by molar-refractivity contribution is -0.141. The van der Waals surface area contributed by atoms with Crippen molar-refractivity contribution in [3.63, 3.8) is 0 Å². The number of amides is 1. The zero-order valence-corrected chi connectivity index (χ0v) is 11.7. The zero-order chi connectivity index (χ0) is 15.0. The van der Waals surface area contributed by atoms with Gasteiger partial charge >= 0.3 is 6.18 Å². The van der Waals surface area contributed by atoms with E-state index in [4.69, 9.17) is 11.6 Å². The Labute approximate surface area is 113 Å². The molecule has 1 rings (SSSR count). The Morgan fingerprint density at radius 3 is 2.26 bits per heavy atom. The SMILES string of the molecule is Cc1c(Cl)c(C(F)(F)F)nn1[C@@H](C)C(=O)NC(C)C. The summed E-state index contributed by atoms with van der Waals surface area (Å²) < 4.78 is 39.0. The molecular weight excluding hydrogens is 283 g/mol. The average molecular weight is 298 g/mol. The van der Waals surface area contributed by atoms with Gasteiger partial charge in [-0.25, -0.2) is 0 Å². The third kappa shape index (κ3) is 3.40. The van der Waals surface area contributed by atoms with Crippen LogP contribution in [0, 0.1) is 6.92 Å². The maximum absolute atomic E-state index is 12.7. The van der Waals surface area contributed by atoms with Crippen molar-refractivity contribution >= 4 is 17.5 Å². The normalized spacial score (nSPS) is 13.7. The van der Waals surface area contributed by atoms with Gasteiger partial charge in [-0.2, -0.15) is 18.3 Å². The summed E-state index contributed by atoms with van der Waals surface area (Å²) in [7, 11) is 0. The Kier molecular flexibility index (Phi) is 4.50. The molecule has 1 atom stereocenters. The van der Waals surface area contributed by atoms with Crippen LogP contribution in [0.15, 0.2) is 0 Å². The van der Waals surface area contributed by atoms with Crippen molar-refractivity contribution in [2.75, 3.05) is 0 Å². The monoisotopic (exact) mass is 297 g/mol. The topological polar surface area (TPSA) is 46.9 Å². The summed E-state index contributed by atoms with van der Waals surface area (Å²) >= 11 is 5.62. The molecular formula is C11H15ClF3N3O. The van der Waals surface area contributed by atoms with Crippen LogP contribution in [0.25, 0.3) is 0 Å². The fourth-order valence-corrected chi connectivity index (χ4v) is 1.80. The van der Waals surface area contributed by atoms with E-state index < -0.39 is 28.8 Å². The van der Waals surface area contributed by atoms with E-state index in [2.05, 4.69) is 10.4 Å². The van der Waals surface area contributed by atoms with E-state index in [0.29, 0.717) is 0 Å². The second-order valence-electron chi connectivity index (χ2n) is 4.53. The first kappa shape index (κ1) is 15.8. The molecule has 0 aromatic carbocycles. The Bertz CT molecular complexity index is 482. The first-order chi connectivity index (χ1) is 8.55. The number of hydrogen-bond acceptors (Lipinski definition) is 2. The van der Waals surface area contributed by atoms with Crippen LogP contribution < -0.4 is 5.32 Å². The summed E-state index contributed by atoms with van der Waals surface area (Å²) in [5.74, 6) is -0.411. The number of nitrogens with zero attached hydrogens (tertiary/aromatic N) is 2. The number of aromatic nitrogens is 2. The number of carbonyl (C=O) groups excluding carboxylic acids is 1. The molecule has 8 heteroatoms. The largest absolute Gasteiger partial charge is 0.436 e. The molecule has 1 aromatic rings. The van der Waals surface area contributed by atoms with Gasteiger partial charge in [0.1, 0.15) is 6.04 Å². The lowest BCUT2D eigenvalue weighted by Gasteiger charge is -2.16. The number of alkyl halides is 3. The lowest BCUT2D eigenvalue weighted by Crippen LogP contribution is -2.36. The van der Waals surface area contributed by atoms with Crippen molar-refractivity contribution < 1.29 is 18.0 Å². The van der Waals surface area contributed by atoms with E-state index >= 15 is 0 Å². The molecule has 0 saturated carbocycles. The highest BCUT2D eigenvalue weighted by Gasteiger charge is 2.39. The van der Waals surface area contributed by atoms with E-state index in [1.165, 1.54) is 13.8 Å². The second kappa shape index (κ2) is 5.40. The highest BCUT2D eigenvalue weighted by molar-refractivity contribution is 6.32. The second-order valence-corrected chi connectivity index (χ2v) is 4.91. The minimum Gasteiger partial charge on any atom is -0.352 e. The molecule has 1 amide bonds. The summed E-state index contributed by atoms with van der Waals surface area (Å²) in [5, 5.41) is 5.54. The van der Waals surface area contributed by atoms with E-state index in [0.717, 1.165) is 4.68 Å². The van der Waals surface area contributed by atoms with Crippen molar-refractivity contribution in [2.45, 2.75) is 46.0 Å². The van der Waals surface area contributed by atoms with Crippen LogP contribution in [-0.4, -0.2) is 21.7 Å². The Hall–Kier alpha value is -1.24. The highest BCUT2D eigenvalue weighted by atomic mass is 35.5. The molecule has 1 heterocycles. The van der Waals surface area contributed by atoms with Gasteiger partial charge in [0.05, 0.1) is 10.7 Å². The van der Waals surface area contributed by atoms with E-state index in [9.17, 15) is 18.0 Å². The van der Waals surface area contributed by atoms with Gasteiger partial charge in [0.25, 0.3) is 0 Å². The van der Waals surface area contributed by atoms with Gasteiger partial charge in [0, 0.05) is 6.04 Å². The molecule has 0 fully saturated rings. The van der Waals surface area contributed by atoms with Gasteiger partial charge in [0.15, 0.2) is 5.69 Å². The Balaban J connectivity index is 3.12. The molecule has 4 nitrogen and oxygen atoms in total. The highest BCUT2D eigenvalue weighted by Crippen LogP contribution is 2.36. The molecule has 0 spiro atoms. The molecule has 0 bridgehead atoms. The number of hydrogen-bond donors (Lipinski definition) is 1.